The number of rotatable bonds is 3. The Morgan fingerprint density at radius 1 is 1.62 bits per heavy atom. The third-order valence-corrected chi connectivity index (χ3v) is 3.87. The molecule has 0 bridgehead atoms. The second-order valence-corrected chi connectivity index (χ2v) is 4.81. The van der Waals surface area contributed by atoms with Gasteiger partial charge in [-0.05, 0) is 29.9 Å². The van der Waals surface area contributed by atoms with Crippen LogP contribution in [-0.4, -0.2) is 25.5 Å². The highest BCUT2D eigenvalue weighted by atomic mass is 32.2. The zero-order valence-corrected chi connectivity index (χ0v) is 9.92. The Kier molecular flexibility index (Phi) is 3.65. The SMILES string of the molecule is COc1ccc2c(c1)SCCC2CN=C=O. The molecule has 0 aromatic heterocycles. The normalized spacial score (nSPS) is 18.4. The smallest absolute Gasteiger partial charge is 0.234 e. The number of fused-ring (bicyclic) bond motifs is 1. The molecule has 84 valence electrons. The average molecular weight is 235 g/mol. The topological polar surface area (TPSA) is 38.7 Å². The molecule has 0 saturated heterocycles. The van der Waals surface area contributed by atoms with Gasteiger partial charge in [0.15, 0.2) is 0 Å². The van der Waals surface area contributed by atoms with E-state index in [-0.39, 0.29) is 0 Å². The summed E-state index contributed by atoms with van der Waals surface area (Å²) in [5, 5.41) is 0. The Morgan fingerprint density at radius 2 is 2.50 bits per heavy atom. The highest BCUT2D eigenvalue weighted by molar-refractivity contribution is 7.99. The molecular formula is C12H13NO2S. The molecule has 1 aliphatic rings. The molecule has 0 N–H and O–H groups in total. The second-order valence-electron chi connectivity index (χ2n) is 3.67. The van der Waals surface area contributed by atoms with Crippen molar-refractivity contribution in [1.29, 1.82) is 0 Å². The fourth-order valence-corrected chi connectivity index (χ4v) is 3.13. The molecule has 1 aliphatic heterocycles. The standard InChI is InChI=1S/C12H13NO2S/c1-15-10-2-3-11-9(7-13-8-14)4-5-16-12(11)6-10/h2-3,6,9H,4-5,7H2,1H3. The van der Waals surface area contributed by atoms with Crippen molar-refractivity contribution in [2.45, 2.75) is 17.2 Å². The highest BCUT2D eigenvalue weighted by Crippen LogP contribution is 2.39. The lowest BCUT2D eigenvalue weighted by Gasteiger charge is -2.23. The van der Waals surface area contributed by atoms with E-state index in [9.17, 15) is 4.79 Å². The van der Waals surface area contributed by atoms with Gasteiger partial charge in [-0.2, -0.15) is 0 Å². The molecule has 0 amide bonds. The lowest BCUT2D eigenvalue weighted by molar-refractivity contribution is 0.413. The molecule has 0 saturated carbocycles. The average Bonchev–Trinajstić information content (AvgIpc) is 2.35. The Bertz CT molecular complexity index is 427. The molecule has 1 atom stereocenters. The molecule has 0 aliphatic carbocycles. The van der Waals surface area contributed by atoms with Crippen LogP contribution < -0.4 is 4.74 Å². The lowest BCUT2D eigenvalue weighted by Crippen LogP contribution is -2.10. The van der Waals surface area contributed by atoms with Crippen molar-refractivity contribution in [3.8, 4) is 5.75 Å². The minimum atomic E-state index is 0.351. The molecule has 1 aromatic carbocycles. The number of hydrogen-bond acceptors (Lipinski definition) is 4. The Morgan fingerprint density at radius 3 is 3.25 bits per heavy atom. The highest BCUT2D eigenvalue weighted by Gasteiger charge is 2.20. The maximum Gasteiger partial charge on any atom is 0.234 e. The van der Waals surface area contributed by atoms with Crippen LogP contribution in [0.4, 0.5) is 0 Å². The van der Waals surface area contributed by atoms with Gasteiger partial charge in [0.1, 0.15) is 5.75 Å². The van der Waals surface area contributed by atoms with Crippen molar-refractivity contribution in [1.82, 2.24) is 0 Å². The van der Waals surface area contributed by atoms with E-state index in [2.05, 4.69) is 17.1 Å². The van der Waals surface area contributed by atoms with Gasteiger partial charge in [-0.1, -0.05) is 6.07 Å². The number of hydrogen-bond donors (Lipinski definition) is 0. The number of benzene rings is 1. The number of isocyanates is 1. The van der Waals surface area contributed by atoms with E-state index in [1.165, 1.54) is 10.5 Å². The van der Waals surface area contributed by atoms with E-state index >= 15 is 0 Å². The van der Waals surface area contributed by atoms with Gasteiger partial charge in [0, 0.05) is 10.8 Å². The fraction of sp³-hybridized carbons (Fsp3) is 0.417. The first-order valence-electron chi connectivity index (χ1n) is 5.19. The number of thioether (sulfide) groups is 1. The summed E-state index contributed by atoms with van der Waals surface area (Å²) < 4.78 is 5.20. The number of aliphatic imine (C=N–C) groups is 1. The molecule has 0 fully saturated rings. The van der Waals surface area contributed by atoms with Gasteiger partial charge in [-0.3, -0.25) is 0 Å². The van der Waals surface area contributed by atoms with Crippen LogP contribution in [0.25, 0.3) is 0 Å². The number of ether oxygens (including phenoxy) is 1. The summed E-state index contributed by atoms with van der Waals surface area (Å²) in [7, 11) is 1.67. The fourth-order valence-electron chi connectivity index (χ4n) is 1.91. The zero-order valence-electron chi connectivity index (χ0n) is 9.10. The third-order valence-electron chi connectivity index (χ3n) is 2.76. The summed E-state index contributed by atoms with van der Waals surface area (Å²) in [6, 6.07) is 6.09. The van der Waals surface area contributed by atoms with Crippen LogP contribution >= 0.6 is 11.8 Å². The van der Waals surface area contributed by atoms with E-state index in [1.54, 1.807) is 13.2 Å². The van der Waals surface area contributed by atoms with Gasteiger partial charge in [0.25, 0.3) is 0 Å². The quantitative estimate of drug-likeness (QED) is 0.597. The monoisotopic (exact) mass is 235 g/mol. The number of carbonyl (C=O) groups excluding carboxylic acids is 1. The van der Waals surface area contributed by atoms with Crippen molar-refractivity contribution in [3.63, 3.8) is 0 Å². The molecule has 2 rings (SSSR count). The third kappa shape index (κ3) is 2.29. The molecule has 1 unspecified atom stereocenters. The summed E-state index contributed by atoms with van der Waals surface area (Å²) >= 11 is 1.84. The molecule has 0 spiro atoms. The zero-order chi connectivity index (χ0) is 11.4. The van der Waals surface area contributed by atoms with Crippen LogP contribution in [0.15, 0.2) is 28.1 Å². The molecular weight excluding hydrogens is 222 g/mol. The number of nitrogens with zero attached hydrogens (tertiary/aromatic N) is 1. The Labute approximate surface area is 98.9 Å². The van der Waals surface area contributed by atoms with Crippen molar-refractivity contribution in [2.24, 2.45) is 4.99 Å². The first kappa shape index (κ1) is 11.2. The van der Waals surface area contributed by atoms with Gasteiger partial charge in [-0.25, -0.2) is 9.79 Å². The predicted octanol–water partition coefficient (Wildman–Crippen LogP) is 2.61. The van der Waals surface area contributed by atoms with Gasteiger partial charge in [0.05, 0.1) is 13.7 Å². The van der Waals surface area contributed by atoms with Gasteiger partial charge < -0.3 is 4.74 Å². The molecule has 0 radical (unpaired) electrons. The maximum absolute atomic E-state index is 10.1. The van der Waals surface area contributed by atoms with Gasteiger partial charge in [-0.15, -0.1) is 11.8 Å². The predicted molar refractivity (Wildman–Crippen MR) is 64.1 cm³/mol. The van der Waals surface area contributed by atoms with Crippen LogP contribution in [0.3, 0.4) is 0 Å². The van der Waals surface area contributed by atoms with Gasteiger partial charge >= 0.3 is 0 Å². The van der Waals surface area contributed by atoms with E-state index < -0.39 is 0 Å². The van der Waals surface area contributed by atoms with E-state index in [0.717, 1.165) is 17.9 Å². The lowest BCUT2D eigenvalue weighted by atomic mass is 9.96. The molecule has 1 aromatic rings. The van der Waals surface area contributed by atoms with E-state index in [1.807, 2.05) is 17.8 Å². The van der Waals surface area contributed by atoms with E-state index in [0.29, 0.717) is 12.5 Å². The minimum absolute atomic E-state index is 0.351. The Hall–Kier alpha value is -1.25. The van der Waals surface area contributed by atoms with Crippen LogP contribution in [-0.2, 0) is 4.79 Å². The summed E-state index contributed by atoms with van der Waals surface area (Å²) in [6.45, 7) is 0.545. The van der Waals surface area contributed by atoms with Crippen molar-refractivity contribution in [3.05, 3.63) is 23.8 Å². The van der Waals surface area contributed by atoms with Gasteiger partial charge in [0.2, 0.25) is 6.08 Å². The van der Waals surface area contributed by atoms with Crippen LogP contribution in [0, 0.1) is 0 Å². The first-order valence-corrected chi connectivity index (χ1v) is 6.18. The van der Waals surface area contributed by atoms with Crippen LogP contribution in [0.2, 0.25) is 0 Å². The molecule has 3 nitrogen and oxygen atoms in total. The minimum Gasteiger partial charge on any atom is -0.497 e. The molecule has 16 heavy (non-hydrogen) atoms. The van der Waals surface area contributed by atoms with E-state index in [4.69, 9.17) is 4.74 Å². The molecule has 1 heterocycles. The maximum atomic E-state index is 10.1. The second kappa shape index (κ2) is 5.19. The van der Waals surface area contributed by atoms with Crippen molar-refractivity contribution in [2.75, 3.05) is 19.4 Å². The van der Waals surface area contributed by atoms with Crippen LogP contribution in [0.1, 0.15) is 17.9 Å². The summed E-state index contributed by atoms with van der Waals surface area (Å²) in [4.78, 5) is 15.1. The van der Waals surface area contributed by atoms with Crippen LogP contribution in [0.5, 0.6) is 5.75 Å². The summed E-state index contributed by atoms with van der Waals surface area (Å²) in [5.41, 5.74) is 1.27. The summed E-state index contributed by atoms with van der Waals surface area (Å²) in [6.07, 6.45) is 2.68. The largest absolute Gasteiger partial charge is 0.497 e. The van der Waals surface area contributed by atoms with Crippen molar-refractivity contribution >= 4 is 17.8 Å². The molecule has 4 heteroatoms. The first-order chi connectivity index (χ1) is 7.85. The summed E-state index contributed by atoms with van der Waals surface area (Å²) in [5.74, 6) is 2.30. The Balaban J connectivity index is 2.28. The number of methoxy groups -OCH3 is 1. The van der Waals surface area contributed by atoms with Crippen molar-refractivity contribution < 1.29 is 9.53 Å².